The molecule has 0 aliphatic carbocycles. The molecule has 144 valence electrons. The maximum absolute atomic E-state index is 11.4. The third-order valence-electron chi connectivity index (χ3n) is 3.96. The second-order valence-corrected chi connectivity index (χ2v) is 6.29. The Morgan fingerprint density at radius 3 is 2.61 bits per heavy atom. The molecule has 0 aliphatic heterocycles. The van der Waals surface area contributed by atoms with Gasteiger partial charge in [0.15, 0.2) is 11.5 Å². The monoisotopic (exact) mass is 378 g/mol. The molecule has 1 aromatic heterocycles. The average molecular weight is 378 g/mol. The van der Waals surface area contributed by atoms with Crippen molar-refractivity contribution < 1.29 is 9.47 Å². The Hall–Kier alpha value is -3.61. The molecule has 0 unspecified atom stereocenters. The van der Waals surface area contributed by atoms with Gasteiger partial charge in [-0.05, 0) is 43.2 Å². The summed E-state index contributed by atoms with van der Waals surface area (Å²) in [5, 5.41) is 4.10. The molecule has 0 radical (unpaired) electrons. The number of rotatable bonds is 7. The fourth-order valence-corrected chi connectivity index (χ4v) is 2.53. The fraction of sp³-hybridized carbons (Fsp3) is 0.190. The minimum Gasteiger partial charge on any atom is -0.493 e. The smallest absolute Gasteiger partial charge is 0.252 e. The standard InChI is InChI=1S/C21H22N4O3/c1-14-4-6-16(7-5-14)13-28-18-9-8-17(11-19(18)27-3)12-22-25-21-23-15(2)10-20(26)24-21/h4-12H,13H2,1-3H3,(H2,23,24,25,26)/b22-12-. The van der Waals surface area contributed by atoms with E-state index in [0.717, 1.165) is 11.1 Å². The Morgan fingerprint density at radius 1 is 1.11 bits per heavy atom. The Labute approximate surface area is 163 Å². The van der Waals surface area contributed by atoms with Crippen molar-refractivity contribution in [1.82, 2.24) is 9.97 Å². The largest absolute Gasteiger partial charge is 0.493 e. The summed E-state index contributed by atoms with van der Waals surface area (Å²) in [7, 11) is 1.59. The van der Waals surface area contributed by atoms with Crippen LogP contribution in [0.25, 0.3) is 0 Å². The molecule has 2 aromatic carbocycles. The predicted molar refractivity (Wildman–Crippen MR) is 109 cm³/mol. The number of ether oxygens (including phenoxy) is 2. The highest BCUT2D eigenvalue weighted by Gasteiger charge is 2.06. The Balaban J connectivity index is 1.66. The van der Waals surface area contributed by atoms with Gasteiger partial charge >= 0.3 is 0 Å². The molecule has 3 aromatic rings. The van der Waals surface area contributed by atoms with Gasteiger partial charge in [0.05, 0.1) is 13.3 Å². The SMILES string of the molecule is COc1cc(/C=N\Nc2nc(C)cc(=O)[nH]2)ccc1OCc1ccc(C)cc1. The zero-order chi connectivity index (χ0) is 19.9. The van der Waals surface area contributed by atoms with Crippen LogP contribution in [0.15, 0.2) is 58.4 Å². The number of methoxy groups -OCH3 is 1. The molecular weight excluding hydrogens is 356 g/mol. The summed E-state index contributed by atoms with van der Waals surface area (Å²) < 4.78 is 11.3. The first-order chi connectivity index (χ1) is 13.5. The van der Waals surface area contributed by atoms with Crippen molar-refractivity contribution in [3.63, 3.8) is 0 Å². The Bertz CT molecular complexity index is 1030. The quantitative estimate of drug-likeness (QED) is 0.486. The van der Waals surface area contributed by atoms with Gasteiger partial charge in [-0.25, -0.2) is 10.4 Å². The molecule has 0 aliphatic rings. The lowest BCUT2D eigenvalue weighted by atomic mass is 10.2. The van der Waals surface area contributed by atoms with Gasteiger partial charge in [-0.15, -0.1) is 0 Å². The number of benzene rings is 2. The number of aryl methyl sites for hydroxylation is 2. The lowest BCUT2D eigenvalue weighted by molar-refractivity contribution is 0.284. The van der Waals surface area contributed by atoms with Crippen LogP contribution in [0, 0.1) is 13.8 Å². The van der Waals surface area contributed by atoms with Gasteiger partial charge in [0.25, 0.3) is 5.56 Å². The molecule has 0 atom stereocenters. The van der Waals surface area contributed by atoms with E-state index in [2.05, 4.69) is 39.6 Å². The van der Waals surface area contributed by atoms with Gasteiger partial charge < -0.3 is 9.47 Å². The molecular formula is C21H22N4O3. The molecule has 0 amide bonds. The number of nitrogens with zero attached hydrogens (tertiary/aromatic N) is 2. The van der Waals surface area contributed by atoms with E-state index in [1.165, 1.54) is 11.6 Å². The van der Waals surface area contributed by atoms with Gasteiger partial charge in [0, 0.05) is 11.8 Å². The van der Waals surface area contributed by atoms with Gasteiger partial charge in [0.1, 0.15) is 6.61 Å². The van der Waals surface area contributed by atoms with Gasteiger partial charge in [-0.1, -0.05) is 29.8 Å². The van der Waals surface area contributed by atoms with Crippen LogP contribution >= 0.6 is 0 Å². The number of hydrazone groups is 1. The fourth-order valence-electron chi connectivity index (χ4n) is 2.53. The van der Waals surface area contributed by atoms with E-state index in [-0.39, 0.29) is 11.5 Å². The highest BCUT2D eigenvalue weighted by molar-refractivity contribution is 5.81. The summed E-state index contributed by atoms with van der Waals surface area (Å²) in [6.45, 7) is 4.25. The van der Waals surface area contributed by atoms with Crippen LogP contribution in [0.1, 0.15) is 22.4 Å². The number of hydrogen-bond donors (Lipinski definition) is 2. The summed E-state index contributed by atoms with van der Waals surface area (Å²) >= 11 is 0. The molecule has 0 saturated carbocycles. The number of hydrogen-bond acceptors (Lipinski definition) is 6. The number of nitrogens with one attached hydrogen (secondary N) is 2. The molecule has 2 N–H and O–H groups in total. The first kappa shape index (κ1) is 19.2. The van der Waals surface area contributed by atoms with Crippen LogP contribution in [0.5, 0.6) is 11.5 Å². The summed E-state index contributed by atoms with van der Waals surface area (Å²) in [6.07, 6.45) is 1.61. The maximum Gasteiger partial charge on any atom is 0.252 e. The molecule has 0 bridgehead atoms. The summed E-state index contributed by atoms with van der Waals surface area (Å²) in [6, 6.07) is 15.1. The molecule has 0 saturated heterocycles. The number of H-pyrrole nitrogens is 1. The normalized spacial score (nSPS) is 10.8. The minimum absolute atomic E-state index is 0.234. The number of aromatic nitrogens is 2. The second kappa shape index (κ2) is 8.85. The summed E-state index contributed by atoms with van der Waals surface area (Å²) in [5.74, 6) is 1.54. The van der Waals surface area contributed by atoms with E-state index in [4.69, 9.17) is 9.47 Å². The van der Waals surface area contributed by atoms with Crippen molar-refractivity contribution in [2.24, 2.45) is 5.10 Å². The molecule has 28 heavy (non-hydrogen) atoms. The summed E-state index contributed by atoms with van der Waals surface area (Å²) in [4.78, 5) is 18.1. The lowest BCUT2D eigenvalue weighted by Crippen LogP contribution is -2.10. The zero-order valence-electron chi connectivity index (χ0n) is 16.0. The first-order valence-corrected chi connectivity index (χ1v) is 8.77. The van der Waals surface area contributed by atoms with Crippen molar-refractivity contribution >= 4 is 12.2 Å². The van der Waals surface area contributed by atoms with Crippen molar-refractivity contribution in [1.29, 1.82) is 0 Å². The third kappa shape index (κ3) is 5.20. The van der Waals surface area contributed by atoms with Crippen LogP contribution in [0.3, 0.4) is 0 Å². The van der Waals surface area contributed by atoms with Gasteiger partial charge in [-0.3, -0.25) is 9.78 Å². The Kier molecular flexibility index (Phi) is 6.06. The second-order valence-electron chi connectivity index (χ2n) is 6.29. The van der Waals surface area contributed by atoms with Crippen LogP contribution in [0.4, 0.5) is 5.95 Å². The highest BCUT2D eigenvalue weighted by atomic mass is 16.5. The van der Waals surface area contributed by atoms with E-state index >= 15 is 0 Å². The van der Waals surface area contributed by atoms with Gasteiger partial charge in [-0.2, -0.15) is 5.10 Å². The molecule has 7 heteroatoms. The number of anilines is 1. The van der Waals surface area contributed by atoms with E-state index in [1.807, 2.05) is 30.3 Å². The molecule has 0 fully saturated rings. The van der Waals surface area contributed by atoms with Crippen molar-refractivity contribution in [2.45, 2.75) is 20.5 Å². The van der Waals surface area contributed by atoms with E-state index in [0.29, 0.717) is 23.8 Å². The molecule has 7 nitrogen and oxygen atoms in total. The van der Waals surface area contributed by atoms with Crippen LogP contribution in [-0.4, -0.2) is 23.3 Å². The zero-order valence-corrected chi connectivity index (χ0v) is 16.0. The molecule has 0 spiro atoms. The highest BCUT2D eigenvalue weighted by Crippen LogP contribution is 2.28. The van der Waals surface area contributed by atoms with Crippen molar-refractivity contribution in [3.8, 4) is 11.5 Å². The van der Waals surface area contributed by atoms with Crippen LogP contribution in [0.2, 0.25) is 0 Å². The maximum atomic E-state index is 11.4. The van der Waals surface area contributed by atoms with E-state index < -0.39 is 0 Å². The predicted octanol–water partition coefficient (Wildman–Crippen LogP) is 3.42. The minimum atomic E-state index is -0.234. The number of aromatic amines is 1. The lowest BCUT2D eigenvalue weighted by Gasteiger charge is -2.11. The third-order valence-corrected chi connectivity index (χ3v) is 3.96. The van der Waals surface area contributed by atoms with Crippen LogP contribution < -0.4 is 20.5 Å². The topological polar surface area (TPSA) is 88.6 Å². The van der Waals surface area contributed by atoms with Crippen molar-refractivity contribution in [3.05, 3.63) is 81.3 Å². The van der Waals surface area contributed by atoms with Crippen LogP contribution in [-0.2, 0) is 6.61 Å². The van der Waals surface area contributed by atoms with E-state index in [1.54, 1.807) is 20.2 Å². The summed E-state index contributed by atoms with van der Waals surface area (Å²) in [5.41, 5.74) is 6.19. The van der Waals surface area contributed by atoms with Gasteiger partial charge in [0.2, 0.25) is 5.95 Å². The van der Waals surface area contributed by atoms with Crippen molar-refractivity contribution in [2.75, 3.05) is 12.5 Å². The molecule has 3 rings (SSSR count). The first-order valence-electron chi connectivity index (χ1n) is 8.77. The molecule has 1 heterocycles. The van der Waals surface area contributed by atoms with E-state index in [9.17, 15) is 4.79 Å². The average Bonchev–Trinajstić information content (AvgIpc) is 2.67. The Morgan fingerprint density at radius 2 is 1.89 bits per heavy atom.